The number of anilines is 1. The molecule has 1 atom stereocenters. The number of benzene rings is 1. The number of aromatic nitrogens is 2. The minimum Gasteiger partial charge on any atom is -0.507 e. The highest BCUT2D eigenvalue weighted by Crippen LogP contribution is 2.38. The summed E-state index contributed by atoms with van der Waals surface area (Å²) < 4.78 is 38.3. The van der Waals surface area contributed by atoms with Gasteiger partial charge in [-0.25, -0.2) is 0 Å². The van der Waals surface area contributed by atoms with Gasteiger partial charge in [0.25, 0.3) is 0 Å². The molecule has 3 N–H and O–H groups in total. The lowest BCUT2D eigenvalue weighted by atomic mass is 10.0. The second-order valence-corrected chi connectivity index (χ2v) is 6.18. The number of hydrogen-bond donors (Lipinski definition) is 3. The number of alkyl halides is 3. The summed E-state index contributed by atoms with van der Waals surface area (Å²) in [6.07, 6.45) is -5.07. The molecule has 0 saturated carbocycles. The first-order valence-electron chi connectivity index (χ1n) is 7.76. The molecule has 0 spiro atoms. The second-order valence-electron chi connectivity index (χ2n) is 6.18. The van der Waals surface area contributed by atoms with Gasteiger partial charge in [0, 0.05) is 12.1 Å². The van der Waals surface area contributed by atoms with Crippen molar-refractivity contribution in [2.75, 3.05) is 11.9 Å². The van der Waals surface area contributed by atoms with Gasteiger partial charge in [-0.3, -0.25) is 0 Å². The Morgan fingerprint density at radius 1 is 1.16 bits per heavy atom. The summed E-state index contributed by atoms with van der Waals surface area (Å²) in [5.41, 5.74) is -0.203. The Hall–Kier alpha value is -2.35. The Morgan fingerprint density at radius 3 is 2.32 bits per heavy atom. The third-order valence-electron chi connectivity index (χ3n) is 3.82. The summed E-state index contributed by atoms with van der Waals surface area (Å²) >= 11 is 0. The second kappa shape index (κ2) is 7.26. The van der Waals surface area contributed by atoms with Crippen LogP contribution in [0, 0.1) is 12.8 Å². The van der Waals surface area contributed by atoms with E-state index < -0.39 is 23.6 Å². The van der Waals surface area contributed by atoms with Crippen LogP contribution in [-0.2, 0) is 6.18 Å². The molecule has 25 heavy (non-hydrogen) atoms. The maximum Gasteiger partial charge on any atom is 0.416 e. The Bertz CT molecular complexity index is 708. The lowest BCUT2D eigenvalue weighted by Crippen LogP contribution is -2.25. The number of rotatable bonds is 5. The van der Waals surface area contributed by atoms with Crippen molar-refractivity contribution >= 4 is 5.82 Å². The SMILES string of the molecule is Cc1cc(C(F)(F)F)cc(O)c1-c1ccc(NC[C@H](O)C(C)C)nn1. The molecule has 5 nitrogen and oxygen atoms in total. The van der Waals surface area contributed by atoms with E-state index in [-0.39, 0.29) is 22.7 Å². The fraction of sp³-hybridized carbons (Fsp3) is 0.412. The van der Waals surface area contributed by atoms with Crippen LogP contribution < -0.4 is 5.32 Å². The molecule has 0 saturated heterocycles. The van der Waals surface area contributed by atoms with Gasteiger partial charge in [-0.15, -0.1) is 10.2 Å². The molecule has 0 fully saturated rings. The van der Waals surface area contributed by atoms with E-state index in [1.165, 1.54) is 6.92 Å². The van der Waals surface area contributed by atoms with Gasteiger partial charge in [0.1, 0.15) is 11.6 Å². The van der Waals surface area contributed by atoms with Crippen molar-refractivity contribution in [2.45, 2.75) is 33.1 Å². The summed E-state index contributed by atoms with van der Waals surface area (Å²) in [4.78, 5) is 0. The molecular formula is C17H20F3N3O2. The zero-order chi connectivity index (χ0) is 18.8. The molecular weight excluding hydrogens is 335 g/mol. The largest absolute Gasteiger partial charge is 0.507 e. The third kappa shape index (κ3) is 4.60. The highest BCUT2D eigenvalue weighted by atomic mass is 19.4. The van der Waals surface area contributed by atoms with Crippen molar-refractivity contribution in [3.05, 3.63) is 35.4 Å². The minimum absolute atomic E-state index is 0.0893. The topological polar surface area (TPSA) is 78.3 Å². The predicted molar refractivity (Wildman–Crippen MR) is 88.2 cm³/mol. The maximum atomic E-state index is 12.8. The monoisotopic (exact) mass is 355 g/mol. The van der Waals surface area contributed by atoms with Crippen LogP contribution >= 0.6 is 0 Å². The molecule has 0 bridgehead atoms. The smallest absolute Gasteiger partial charge is 0.416 e. The molecule has 1 aromatic heterocycles. The highest BCUT2D eigenvalue weighted by molar-refractivity contribution is 5.71. The fourth-order valence-electron chi connectivity index (χ4n) is 2.27. The first-order valence-corrected chi connectivity index (χ1v) is 7.76. The number of phenolic OH excluding ortho intramolecular Hbond substituents is 1. The van der Waals surface area contributed by atoms with Crippen LogP contribution in [0.1, 0.15) is 25.0 Å². The summed E-state index contributed by atoms with van der Waals surface area (Å²) in [6, 6.07) is 4.77. The number of aromatic hydroxyl groups is 1. The molecule has 0 aliphatic carbocycles. The number of aryl methyl sites for hydroxylation is 1. The molecule has 0 radical (unpaired) electrons. The molecule has 0 aliphatic rings. The van der Waals surface area contributed by atoms with Crippen LogP contribution in [0.2, 0.25) is 0 Å². The minimum atomic E-state index is -4.53. The summed E-state index contributed by atoms with van der Waals surface area (Å²) in [5, 5.41) is 30.5. The lowest BCUT2D eigenvalue weighted by molar-refractivity contribution is -0.137. The molecule has 2 rings (SSSR count). The summed E-state index contributed by atoms with van der Waals surface area (Å²) in [5.74, 6) is 0.0107. The predicted octanol–water partition coefficient (Wildman–Crippen LogP) is 3.61. The Kier molecular flexibility index (Phi) is 5.52. The molecule has 0 amide bonds. The molecule has 1 heterocycles. The average Bonchev–Trinajstić information content (AvgIpc) is 2.52. The van der Waals surface area contributed by atoms with E-state index in [9.17, 15) is 23.4 Å². The van der Waals surface area contributed by atoms with Crippen LogP contribution in [0.5, 0.6) is 5.75 Å². The zero-order valence-corrected chi connectivity index (χ0v) is 14.1. The molecule has 0 aliphatic heterocycles. The van der Waals surface area contributed by atoms with Crippen LogP contribution in [0.15, 0.2) is 24.3 Å². The van der Waals surface area contributed by atoms with Crippen molar-refractivity contribution < 1.29 is 23.4 Å². The lowest BCUT2D eigenvalue weighted by Gasteiger charge is -2.15. The van der Waals surface area contributed by atoms with Crippen LogP contribution in [-0.4, -0.2) is 33.1 Å². The van der Waals surface area contributed by atoms with Crippen molar-refractivity contribution in [3.8, 4) is 17.0 Å². The molecule has 0 unspecified atom stereocenters. The van der Waals surface area contributed by atoms with Crippen molar-refractivity contribution in [1.29, 1.82) is 0 Å². The van der Waals surface area contributed by atoms with E-state index >= 15 is 0 Å². The summed E-state index contributed by atoms with van der Waals surface area (Å²) in [7, 11) is 0. The first kappa shape index (κ1) is 19.0. The third-order valence-corrected chi connectivity index (χ3v) is 3.82. The van der Waals surface area contributed by atoms with E-state index in [0.29, 0.717) is 18.4 Å². The van der Waals surface area contributed by atoms with E-state index in [1.807, 2.05) is 13.8 Å². The standard InChI is InChI=1S/C17H20F3N3O2/c1-9(2)14(25)8-21-15-5-4-12(22-23-15)16-10(3)6-11(7-13(16)24)17(18,19)20/h4-7,9,14,24-25H,8H2,1-3H3,(H,21,23)/t14-/m0/s1. The maximum absolute atomic E-state index is 12.8. The fourth-order valence-corrected chi connectivity index (χ4v) is 2.27. The molecule has 8 heteroatoms. The Balaban J connectivity index is 2.22. The Morgan fingerprint density at radius 2 is 1.84 bits per heavy atom. The van der Waals surface area contributed by atoms with Gasteiger partial charge in [-0.1, -0.05) is 13.8 Å². The number of phenols is 1. The van der Waals surface area contributed by atoms with Gasteiger partial charge in [0.2, 0.25) is 0 Å². The average molecular weight is 355 g/mol. The van der Waals surface area contributed by atoms with Gasteiger partial charge >= 0.3 is 6.18 Å². The first-order chi connectivity index (χ1) is 11.6. The highest BCUT2D eigenvalue weighted by Gasteiger charge is 2.32. The van der Waals surface area contributed by atoms with Gasteiger partial charge in [0.05, 0.1) is 17.4 Å². The van der Waals surface area contributed by atoms with E-state index in [4.69, 9.17) is 0 Å². The molecule has 2 aromatic rings. The number of hydrogen-bond acceptors (Lipinski definition) is 5. The molecule has 1 aromatic carbocycles. The van der Waals surface area contributed by atoms with Crippen LogP contribution in [0.3, 0.4) is 0 Å². The Labute approximate surface area is 143 Å². The van der Waals surface area contributed by atoms with Gasteiger partial charge in [-0.2, -0.15) is 13.2 Å². The van der Waals surface area contributed by atoms with E-state index in [1.54, 1.807) is 12.1 Å². The number of nitrogens with one attached hydrogen (secondary N) is 1. The van der Waals surface area contributed by atoms with Crippen LogP contribution in [0.25, 0.3) is 11.3 Å². The number of nitrogens with zero attached hydrogens (tertiary/aromatic N) is 2. The van der Waals surface area contributed by atoms with Crippen molar-refractivity contribution in [2.24, 2.45) is 5.92 Å². The molecule has 136 valence electrons. The van der Waals surface area contributed by atoms with E-state index in [2.05, 4.69) is 15.5 Å². The van der Waals surface area contributed by atoms with Crippen molar-refractivity contribution in [3.63, 3.8) is 0 Å². The quantitative estimate of drug-likeness (QED) is 0.764. The van der Waals surface area contributed by atoms with Gasteiger partial charge < -0.3 is 15.5 Å². The number of halogens is 3. The van der Waals surface area contributed by atoms with E-state index in [0.717, 1.165) is 6.07 Å². The zero-order valence-electron chi connectivity index (χ0n) is 14.1. The summed E-state index contributed by atoms with van der Waals surface area (Å²) in [6.45, 7) is 5.54. The number of aliphatic hydroxyl groups excluding tert-OH is 1. The van der Waals surface area contributed by atoms with Gasteiger partial charge in [-0.05, 0) is 42.7 Å². The number of aliphatic hydroxyl groups is 1. The van der Waals surface area contributed by atoms with Gasteiger partial charge in [0.15, 0.2) is 0 Å². The normalized spacial score (nSPS) is 13.1. The van der Waals surface area contributed by atoms with Crippen molar-refractivity contribution in [1.82, 2.24) is 10.2 Å². The van der Waals surface area contributed by atoms with Crippen LogP contribution in [0.4, 0.5) is 19.0 Å².